The number of aliphatic hydroxyl groups excluding tert-OH is 1. The summed E-state index contributed by atoms with van der Waals surface area (Å²) in [6.07, 6.45) is -5.10. The number of aliphatic hydroxyl groups is 1. The molecule has 0 fully saturated rings. The number of amides is 2. The predicted molar refractivity (Wildman–Crippen MR) is 105 cm³/mol. The van der Waals surface area contributed by atoms with Crippen molar-refractivity contribution in [3.05, 3.63) is 46.5 Å². The first kappa shape index (κ1) is 23.4. The normalized spacial score (nSPS) is 22.4. The van der Waals surface area contributed by atoms with Crippen LogP contribution in [0.25, 0.3) is 0 Å². The summed E-state index contributed by atoms with van der Waals surface area (Å²) in [5.74, 6) is -5.04. The molecule has 2 amide bonds. The quantitative estimate of drug-likeness (QED) is 0.627. The van der Waals surface area contributed by atoms with Crippen molar-refractivity contribution in [3.63, 3.8) is 0 Å². The van der Waals surface area contributed by atoms with Crippen LogP contribution >= 0.6 is 0 Å². The number of hydrogen-bond donors (Lipinski definition) is 2. The molecule has 1 aromatic carbocycles. The number of nitrogens with zero attached hydrogens (tertiary/aromatic N) is 3. The second-order valence-corrected chi connectivity index (χ2v) is 8.55. The largest absolute Gasteiger partial charge is 0.419 e. The van der Waals surface area contributed by atoms with Crippen molar-refractivity contribution in [2.24, 2.45) is 5.92 Å². The van der Waals surface area contributed by atoms with Crippen molar-refractivity contribution in [1.82, 2.24) is 14.7 Å². The second-order valence-electron chi connectivity index (χ2n) is 8.55. The van der Waals surface area contributed by atoms with Crippen LogP contribution in [0.15, 0.2) is 18.2 Å². The number of alkyl halides is 5. The van der Waals surface area contributed by atoms with Crippen LogP contribution in [0.3, 0.4) is 0 Å². The number of anilines is 1. The Balaban J connectivity index is 1.61. The molecule has 2 aliphatic heterocycles. The number of urea groups is 1. The van der Waals surface area contributed by atoms with Gasteiger partial charge in [0.05, 0.1) is 17.8 Å². The number of halogens is 6. The van der Waals surface area contributed by atoms with E-state index in [4.69, 9.17) is 0 Å². The van der Waals surface area contributed by atoms with Gasteiger partial charge in [-0.15, -0.1) is 0 Å². The molecule has 0 spiro atoms. The summed E-state index contributed by atoms with van der Waals surface area (Å²) in [6.45, 7) is 1.35. The van der Waals surface area contributed by atoms with Gasteiger partial charge in [-0.05, 0) is 31.5 Å². The average Bonchev–Trinajstić information content (AvgIpc) is 3.02. The average molecular weight is 476 g/mol. The summed E-state index contributed by atoms with van der Waals surface area (Å²) >= 11 is 0. The van der Waals surface area contributed by atoms with Crippen LogP contribution in [0.1, 0.15) is 42.3 Å². The van der Waals surface area contributed by atoms with E-state index in [-0.39, 0.29) is 55.4 Å². The summed E-state index contributed by atoms with van der Waals surface area (Å²) in [5.41, 5.74) is -1.44. The lowest BCUT2D eigenvalue weighted by Gasteiger charge is -2.33. The van der Waals surface area contributed by atoms with Gasteiger partial charge in [0.2, 0.25) is 0 Å². The number of rotatable bonds is 2. The van der Waals surface area contributed by atoms with Crippen molar-refractivity contribution in [3.8, 4) is 0 Å². The minimum absolute atomic E-state index is 0.119. The number of fused-ring (bicyclic) bond motifs is 3. The standard InChI is InChI=1S/C21H22F6N4O2/c1-11-6-17-14(18-20(23,24)5-4-12(10-32)8-31(18)29-17)9-30(11)19(33)28-13-2-3-16(22)15(7-13)21(25,26)27/h2-3,7,11-12,32H,4-6,8-10H2,1H3,(H,28,33)/t11-,12-/m1/s1. The fourth-order valence-electron chi connectivity index (χ4n) is 4.41. The van der Waals surface area contributed by atoms with E-state index in [2.05, 4.69) is 10.4 Å². The van der Waals surface area contributed by atoms with Gasteiger partial charge in [0.25, 0.3) is 5.92 Å². The van der Waals surface area contributed by atoms with Gasteiger partial charge >= 0.3 is 12.2 Å². The zero-order valence-corrected chi connectivity index (χ0v) is 17.6. The third-order valence-electron chi connectivity index (χ3n) is 6.17. The van der Waals surface area contributed by atoms with Crippen molar-refractivity contribution in [2.75, 3.05) is 11.9 Å². The van der Waals surface area contributed by atoms with Crippen molar-refractivity contribution < 1.29 is 36.2 Å². The van der Waals surface area contributed by atoms with Crippen LogP contribution in [0.2, 0.25) is 0 Å². The highest BCUT2D eigenvalue weighted by atomic mass is 19.4. The van der Waals surface area contributed by atoms with Gasteiger partial charge in [-0.3, -0.25) is 4.68 Å². The molecule has 2 aliphatic rings. The van der Waals surface area contributed by atoms with E-state index in [0.29, 0.717) is 17.8 Å². The minimum Gasteiger partial charge on any atom is -0.396 e. The van der Waals surface area contributed by atoms with Crippen LogP contribution in [-0.2, 0) is 31.6 Å². The Morgan fingerprint density at radius 3 is 2.73 bits per heavy atom. The summed E-state index contributed by atoms with van der Waals surface area (Å²) < 4.78 is 83.6. The first-order chi connectivity index (χ1) is 15.4. The lowest BCUT2D eigenvalue weighted by molar-refractivity contribution is -0.139. The van der Waals surface area contributed by atoms with Crippen LogP contribution in [0, 0.1) is 11.7 Å². The second kappa shape index (κ2) is 8.23. The maximum absolute atomic E-state index is 15.0. The molecule has 6 nitrogen and oxygen atoms in total. The molecule has 0 radical (unpaired) electrons. The Morgan fingerprint density at radius 2 is 2.06 bits per heavy atom. The third-order valence-corrected chi connectivity index (χ3v) is 6.17. The molecule has 33 heavy (non-hydrogen) atoms. The van der Waals surface area contributed by atoms with E-state index < -0.39 is 42.0 Å². The SMILES string of the molecule is C[C@@H]1Cc2nn3c(c2CN1C(=O)Nc1ccc(F)c(C(F)(F)F)c1)C(F)(F)CC[C@@H](CO)C3. The van der Waals surface area contributed by atoms with Gasteiger partial charge in [0.1, 0.15) is 11.5 Å². The molecule has 1 aromatic heterocycles. The Kier molecular flexibility index (Phi) is 5.83. The van der Waals surface area contributed by atoms with Crippen LogP contribution < -0.4 is 5.32 Å². The maximum atomic E-state index is 15.0. The Labute approximate surface area is 185 Å². The summed E-state index contributed by atoms with van der Waals surface area (Å²) in [7, 11) is 0. The minimum atomic E-state index is -4.94. The zero-order chi connectivity index (χ0) is 24.1. The van der Waals surface area contributed by atoms with E-state index in [0.717, 1.165) is 6.07 Å². The fraction of sp³-hybridized carbons (Fsp3) is 0.524. The molecule has 0 bridgehead atoms. The molecule has 0 saturated carbocycles. The van der Waals surface area contributed by atoms with E-state index in [1.807, 2.05) is 0 Å². The molecule has 3 heterocycles. The summed E-state index contributed by atoms with van der Waals surface area (Å²) in [4.78, 5) is 14.1. The summed E-state index contributed by atoms with van der Waals surface area (Å²) in [6, 6.07) is 0.825. The molecular weight excluding hydrogens is 454 g/mol. The maximum Gasteiger partial charge on any atom is 0.419 e. The molecule has 2 aromatic rings. The van der Waals surface area contributed by atoms with Crippen LogP contribution in [-0.4, -0.2) is 38.5 Å². The molecular formula is C21H22F6N4O2. The molecule has 2 atom stereocenters. The summed E-state index contributed by atoms with van der Waals surface area (Å²) in [5, 5.41) is 16.1. The third kappa shape index (κ3) is 4.40. The van der Waals surface area contributed by atoms with Crippen molar-refractivity contribution in [2.45, 2.75) is 57.4 Å². The van der Waals surface area contributed by atoms with E-state index in [1.165, 1.54) is 9.58 Å². The van der Waals surface area contributed by atoms with Crippen LogP contribution in [0.4, 0.5) is 36.8 Å². The molecule has 0 aliphatic carbocycles. The first-order valence-electron chi connectivity index (χ1n) is 10.4. The van der Waals surface area contributed by atoms with Crippen molar-refractivity contribution in [1.29, 1.82) is 0 Å². The molecule has 12 heteroatoms. The highest BCUT2D eigenvalue weighted by Gasteiger charge is 2.44. The van der Waals surface area contributed by atoms with Gasteiger partial charge < -0.3 is 15.3 Å². The highest BCUT2D eigenvalue weighted by molar-refractivity contribution is 5.89. The monoisotopic (exact) mass is 476 g/mol. The lowest BCUT2D eigenvalue weighted by atomic mass is 9.96. The number of carbonyl (C=O) groups is 1. The van der Waals surface area contributed by atoms with Crippen LogP contribution in [0.5, 0.6) is 0 Å². The van der Waals surface area contributed by atoms with E-state index >= 15 is 0 Å². The Bertz CT molecular complexity index is 1070. The molecule has 0 unspecified atom stereocenters. The molecule has 180 valence electrons. The number of carbonyl (C=O) groups excluding carboxylic acids is 1. The van der Waals surface area contributed by atoms with Gasteiger partial charge in [-0.1, -0.05) is 0 Å². The van der Waals surface area contributed by atoms with Gasteiger partial charge in [0.15, 0.2) is 0 Å². The van der Waals surface area contributed by atoms with E-state index in [9.17, 15) is 36.2 Å². The number of benzene rings is 1. The molecule has 0 saturated heterocycles. The molecule has 2 N–H and O–H groups in total. The topological polar surface area (TPSA) is 70.4 Å². The number of hydrogen-bond acceptors (Lipinski definition) is 3. The number of aromatic nitrogens is 2. The van der Waals surface area contributed by atoms with Crippen molar-refractivity contribution >= 4 is 11.7 Å². The van der Waals surface area contributed by atoms with E-state index in [1.54, 1.807) is 6.92 Å². The fourth-order valence-corrected chi connectivity index (χ4v) is 4.41. The predicted octanol–water partition coefficient (Wildman–Crippen LogP) is 4.51. The zero-order valence-electron chi connectivity index (χ0n) is 17.6. The van der Waals surface area contributed by atoms with Gasteiger partial charge in [-0.25, -0.2) is 9.18 Å². The Hall–Kier alpha value is -2.76. The van der Waals surface area contributed by atoms with Gasteiger partial charge in [0, 0.05) is 49.2 Å². The Morgan fingerprint density at radius 1 is 1.33 bits per heavy atom. The van der Waals surface area contributed by atoms with Gasteiger partial charge in [-0.2, -0.15) is 27.1 Å². The highest BCUT2D eigenvalue weighted by Crippen LogP contribution is 2.42. The smallest absolute Gasteiger partial charge is 0.396 e. The lowest BCUT2D eigenvalue weighted by Crippen LogP contribution is -2.45. The molecule has 4 rings (SSSR count). The first-order valence-corrected chi connectivity index (χ1v) is 10.4. The number of nitrogens with one attached hydrogen (secondary N) is 1.